The highest BCUT2D eigenvalue weighted by molar-refractivity contribution is 5.74. The molecule has 0 aliphatic heterocycles. The molecule has 0 radical (unpaired) electrons. The molecule has 0 saturated heterocycles. The maximum atomic E-state index is 12.9. The number of rotatable bonds is 10. The molecule has 9 heteroatoms. The van der Waals surface area contributed by atoms with Gasteiger partial charge in [-0.05, 0) is 57.9 Å². The molecular formula is C23H34N6O3. The molecule has 2 heterocycles. The van der Waals surface area contributed by atoms with Crippen molar-refractivity contribution in [3.05, 3.63) is 50.7 Å². The van der Waals surface area contributed by atoms with Crippen LogP contribution in [0.15, 0.2) is 33.9 Å². The number of aromatic nitrogens is 4. The van der Waals surface area contributed by atoms with Crippen LogP contribution >= 0.6 is 0 Å². The van der Waals surface area contributed by atoms with Crippen molar-refractivity contribution >= 4 is 17.1 Å². The highest BCUT2D eigenvalue weighted by Crippen LogP contribution is 2.20. The quantitative estimate of drug-likeness (QED) is 0.463. The molecule has 1 unspecified atom stereocenters. The lowest BCUT2D eigenvalue weighted by molar-refractivity contribution is 0.474. The summed E-state index contributed by atoms with van der Waals surface area (Å²) in [5, 5.41) is 13.0. The Morgan fingerprint density at radius 2 is 1.75 bits per heavy atom. The van der Waals surface area contributed by atoms with E-state index in [0.29, 0.717) is 17.7 Å². The van der Waals surface area contributed by atoms with Crippen molar-refractivity contribution in [2.45, 2.75) is 46.2 Å². The molecule has 0 spiro atoms. The molecule has 1 atom stereocenters. The van der Waals surface area contributed by atoms with Gasteiger partial charge in [-0.25, -0.2) is 4.79 Å². The Bertz CT molecular complexity index is 1170. The van der Waals surface area contributed by atoms with Crippen molar-refractivity contribution in [3.8, 4) is 5.75 Å². The van der Waals surface area contributed by atoms with Crippen LogP contribution in [-0.2, 0) is 27.1 Å². The Kier molecular flexibility index (Phi) is 7.40. The van der Waals surface area contributed by atoms with Crippen molar-refractivity contribution in [2.24, 2.45) is 14.1 Å². The lowest BCUT2D eigenvalue weighted by Crippen LogP contribution is -2.37. The Labute approximate surface area is 187 Å². The van der Waals surface area contributed by atoms with Crippen molar-refractivity contribution in [1.82, 2.24) is 24.0 Å². The normalized spacial score (nSPS) is 12.4. The maximum absolute atomic E-state index is 12.9. The second kappa shape index (κ2) is 10.0. The molecule has 3 aromatic rings. The molecule has 0 aliphatic carbocycles. The van der Waals surface area contributed by atoms with Crippen LogP contribution in [0.4, 0.5) is 5.95 Å². The summed E-state index contributed by atoms with van der Waals surface area (Å²) in [5.74, 6) is 0.995. The highest BCUT2D eigenvalue weighted by atomic mass is 16.3. The standard InChI is InChI=1S/C23H34N6O3/c1-6-28(7-2)22-25-20-19(21(31)27(5)23(32)26(20)4)29(22)14-8-13-24-16(3)15-17-9-11-18(30)12-10-17/h9-12,16,24,30H,6-8,13-15H2,1-5H3. The molecule has 174 valence electrons. The average molecular weight is 443 g/mol. The Morgan fingerprint density at radius 1 is 1.09 bits per heavy atom. The highest BCUT2D eigenvalue weighted by Gasteiger charge is 2.21. The largest absolute Gasteiger partial charge is 0.508 e. The van der Waals surface area contributed by atoms with Gasteiger partial charge in [0.1, 0.15) is 5.75 Å². The zero-order chi connectivity index (χ0) is 23.4. The summed E-state index contributed by atoms with van der Waals surface area (Å²) in [4.78, 5) is 32.1. The number of hydrogen-bond acceptors (Lipinski definition) is 6. The van der Waals surface area contributed by atoms with E-state index in [0.717, 1.165) is 48.6 Å². The monoisotopic (exact) mass is 442 g/mol. The number of imidazole rings is 1. The fourth-order valence-corrected chi connectivity index (χ4v) is 4.04. The van der Waals surface area contributed by atoms with E-state index in [4.69, 9.17) is 4.98 Å². The van der Waals surface area contributed by atoms with Crippen molar-refractivity contribution in [3.63, 3.8) is 0 Å². The van der Waals surface area contributed by atoms with Gasteiger partial charge in [0.15, 0.2) is 11.2 Å². The predicted octanol–water partition coefficient (Wildman–Crippen LogP) is 1.60. The number of anilines is 1. The van der Waals surface area contributed by atoms with Crippen molar-refractivity contribution < 1.29 is 5.11 Å². The van der Waals surface area contributed by atoms with E-state index in [9.17, 15) is 14.7 Å². The minimum absolute atomic E-state index is 0.273. The molecule has 3 rings (SSSR count). The van der Waals surface area contributed by atoms with Gasteiger partial charge in [0.2, 0.25) is 5.95 Å². The first kappa shape index (κ1) is 23.6. The first-order chi connectivity index (χ1) is 15.3. The molecule has 0 aliphatic rings. The summed E-state index contributed by atoms with van der Waals surface area (Å²) < 4.78 is 4.54. The number of fused-ring (bicyclic) bond motifs is 1. The third-order valence-corrected chi connectivity index (χ3v) is 5.90. The number of aryl methyl sites for hydroxylation is 2. The van der Waals surface area contributed by atoms with Crippen LogP contribution in [0.1, 0.15) is 32.8 Å². The summed E-state index contributed by atoms with van der Waals surface area (Å²) in [6.45, 7) is 9.16. The molecule has 0 fully saturated rings. The molecule has 32 heavy (non-hydrogen) atoms. The van der Waals surface area contributed by atoms with E-state index in [2.05, 4.69) is 31.0 Å². The second-order valence-corrected chi connectivity index (χ2v) is 8.19. The lowest BCUT2D eigenvalue weighted by Gasteiger charge is -2.21. The number of nitrogens with one attached hydrogen (secondary N) is 1. The summed E-state index contributed by atoms with van der Waals surface area (Å²) in [6, 6.07) is 7.54. The van der Waals surface area contributed by atoms with Gasteiger partial charge in [-0.2, -0.15) is 4.98 Å². The van der Waals surface area contributed by atoms with Crippen LogP contribution in [0.5, 0.6) is 5.75 Å². The summed E-state index contributed by atoms with van der Waals surface area (Å²) in [7, 11) is 3.16. The number of aromatic hydroxyl groups is 1. The topological polar surface area (TPSA) is 97.3 Å². The maximum Gasteiger partial charge on any atom is 0.332 e. The van der Waals surface area contributed by atoms with Gasteiger partial charge in [-0.1, -0.05) is 12.1 Å². The lowest BCUT2D eigenvalue weighted by atomic mass is 10.1. The summed E-state index contributed by atoms with van der Waals surface area (Å²) in [6.07, 6.45) is 1.67. The molecule has 2 aromatic heterocycles. The van der Waals surface area contributed by atoms with Crippen LogP contribution in [0, 0.1) is 0 Å². The van der Waals surface area contributed by atoms with Crippen molar-refractivity contribution in [2.75, 3.05) is 24.5 Å². The van der Waals surface area contributed by atoms with E-state index in [1.54, 1.807) is 19.2 Å². The first-order valence-corrected chi connectivity index (χ1v) is 11.2. The van der Waals surface area contributed by atoms with Crippen LogP contribution in [-0.4, -0.2) is 49.5 Å². The SMILES string of the molecule is CCN(CC)c1nc2c(c(=O)n(C)c(=O)n2C)n1CCCNC(C)Cc1ccc(O)cc1. The van der Waals surface area contributed by atoms with Gasteiger partial charge in [0.05, 0.1) is 0 Å². The van der Waals surface area contributed by atoms with Crippen LogP contribution < -0.4 is 21.5 Å². The van der Waals surface area contributed by atoms with Gasteiger partial charge in [-0.15, -0.1) is 0 Å². The van der Waals surface area contributed by atoms with E-state index in [-0.39, 0.29) is 23.0 Å². The molecule has 0 bridgehead atoms. The molecule has 0 saturated carbocycles. The van der Waals surface area contributed by atoms with Gasteiger partial charge in [0.25, 0.3) is 5.56 Å². The smallest absolute Gasteiger partial charge is 0.332 e. The number of nitrogens with zero attached hydrogens (tertiary/aromatic N) is 5. The third-order valence-electron chi connectivity index (χ3n) is 5.90. The van der Waals surface area contributed by atoms with Crippen LogP contribution in [0.3, 0.4) is 0 Å². The van der Waals surface area contributed by atoms with Crippen LogP contribution in [0.2, 0.25) is 0 Å². The van der Waals surface area contributed by atoms with E-state index in [1.807, 2.05) is 16.7 Å². The van der Waals surface area contributed by atoms with Crippen LogP contribution in [0.25, 0.3) is 11.2 Å². The summed E-state index contributed by atoms with van der Waals surface area (Å²) >= 11 is 0. The van der Waals surface area contributed by atoms with Gasteiger partial charge < -0.3 is 19.9 Å². The Balaban J connectivity index is 1.78. The average Bonchev–Trinajstić information content (AvgIpc) is 3.15. The molecule has 1 aromatic carbocycles. The Hall–Kier alpha value is -3.07. The molecule has 2 N–H and O–H groups in total. The molecule has 0 amide bonds. The van der Waals surface area contributed by atoms with E-state index < -0.39 is 0 Å². The molecule has 9 nitrogen and oxygen atoms in total. The van der Waals surface area contributed by atoms with E-state index in [1.165, 1.54) is 11.6 Å². The predicted molar refractivity (Wildman–Crippen MR) is 128 cm³/mol. The Morgan fingerprint density at radius 3 is 2.38 bits per heavy atom. The fraction of sp³-hybridized carbons (Fsp3) is 0.522. The zero-order valence-electron chi connectivity index (χ0n) is 19.6. The van der Waals surface area contributed by atoms with Gasteiger partial charge in [0, 0.05) is 39.8 Å². The van der Waals surface area contributed by atoms with Crippen molar-refractivity contribution in [1.29, 1.82) is 0 Å². The third kappa shape index (κ3) is 4.72. The second-order valence-electron chi connectivity index (χ2n) is 8.19. The summed E-state index contributed by atoms with van der Waals surface area (Å²) in [5.41, 5.74) is 1.37. The minimum Gasteiger partial charge on any atom is -0.508 e. The number of hydrogen-bond donors (Lipinski definition) is 2. The first-order valence-electron chi connectivity index (χ1n) is 11.2. The zero-order valence-corrected chi connectivity index (χ0v) is 19.6. The number of benzene rings is 1. The van der Waals surface area contributed by atoms with E-state index >= 15 is 0 Å². The van der Waals surface area contributed by atoms with Gasteiger partial charge >= 0.3 is 5.69 Å². The fourth-order valence-electron chi connectivity index (χ4n) is 4.04. The van der Waals surface area contributed by atoms with Gasteiger partial charge in [-0.3, -0.25) is 13.9 Å². The molecular weight excluding hydrogens is 408 g/mol. The number of phenols is 1. The minimum atomic E-state index is -0.372. The number of phenolic OH excluding ortho intramolecular Hbond substituents is 1.